The second kappa shape index (κ2) is 6.62. The van der Waals surface area contributed by atoms with Crippen LogP contribution in [0.2, 0.25) is 0 Å². The van der Waals surface area contributed by atoms with Gasteiger partial charge in [0, 0.05) is 22.8 Å². The van der Waals surface area contributed by atoms with Gasteiger partial charge in [-0.3, -0.25) is 0 Å². The first-order valence-corrected chi connectivity index (χ1v) is 9.46. The summed E-state index contributed by atoms with van der Waals surface area (Å²) in [5.41, 5.74) is 0. The van der Waals surface area contributed by atoms with Gasteiger partial charge in [-0.2, -0.15) is 0 Å². The van der Waals surface area contributed by atoms with E-state index >= 15 is 0 Å². The van der Waals surface area contributed by atoms with Crippen LogP contribution in [0.25, 0.3) is 0 Å². The second-order valence-electron chi connectivity index (χ2n) is 4.08. The molecule has 0 aliphatic heterocycles. The molecule has 0 bridgehead atoms. The van der Waals surface area contributed by atoms with E-state index < -0.39 is 10.0 Å². The molecule has 0 aromatic carbocycles. The maximum absolute atomic E-state index is 11.0. The zero-order chi connectivity index (χ0) is 13.7. The van der Waals surface area contributed by atoms with Crippen molar-refractivity contribution in [3.63, 3.8) is 0 Å². The summed E-state index contributed by atoms with van der Waals surface area (Å²) in [6.45, 7) is 0.986. The molecule has 0 radical (unpaired) electrons. The van der Waals surface area contributed by atoms with Gasteiger partial charge in [0.25, 0.3) is 0 Å². The Morgan fingerprint density at radius 1 is 1.11 bits per heavy atom. The minimum absolute atomic E-state index is 0.140. The first-order chi connectivity index (χ1) is 9.06. The van der Waals surface area contributed by atoms with Crippen molar-refractivity contribution in [2.75, 3.05) is 19.3 Å². The van der Waals surface area contributed by atoms with Crippen LogP contribution in [-0.2, 0) is 10.0 Å². The molecule has 7 heteroatoms. The normalized spacial score (nSPS) is 12.1. The Hall–Kier alpha value is -0.730. The van der Waals surface area contributed by atoms with Crippen molar-refractivity contribution in [2.45, 2.75) is 6.04 Å². The molecule has 0 spiro atoms. The lowest BCUT2D eigenvalue weighted by atomic mass is 10.2. The molecule has 2 N–H and O–H groups in total. The molecule has 2 aromatic rings. The van der Waals surface area contributed by atoms with Crippen LogP contribution in [0, 0.1) is 0 Å². The summed E-state index contributed by atoms with van der Waals surface area (Å²) < 4.78 is 24.5. The second-order valence-corrected chi connectivity index (χ2v) is 7.88. The van der Waals surface area contributed by atoms with Crippen LogP contribution in [0.5, 0.6) is 0 Å². The van der Waals surface area contributed by atoms with E-state index in [9.17, 15) is 8.42 Å². The highest BCUT2D eigenvalue weighted by Gasteiger charge is 2.15. The van der Waals surface area contributed by atoms with Crippen LogP contribution in [0.15, 0.2) is 35.0 Å². The molecule has 0 amide bonds. The lowest BCUT2D eigenvalue weighted by molar-refractivity contribution is 0.573. The van der Waals surface area contributed by atoms with E-state index in [1.165, 1.54) is 16.0 Å². The van der Waals surface area contributed by atoms with Gasteiger partial charge in [-0.25, -0.2) is 13.1 Å². The topological polar surface area (TPSA) is 58.2 Å². The average Bonchev–Trinajstić information content (AvgIpc) is 3.00. The van der Waals surface area contributed by atoms with E-state index in [0.29, 0.717) is 13.1 Å². The fraction of sp³-hybridized carbons (Fsp3) is 0.333. The minimum atomic E-state index is -3.11. The Labute approximate surface area is 121 Å². The molecule has 0 saturated heterocycles. The molecule has 4 nitrogen and oxygen atoms in total. The summed E-state index contributed by atoms with van der Waals surface area (Å²) in [7, 11) is -3.11. The Balaban J connectivity index is 1.96. The third-order valence-electron chi connectivity index (χ3n) is 2.49. The van der Waals surface area contributed by atoms with Crippen molar-refractivity contribution >= 4 is 32.7 Å². The molecule has 104 valence electrons. The first-order valence-electron chi connectivity index (χ1n) is 5.81. The zero-order valence-corrected chi connectivity index (χ0v) is 12.9. The highest BCUT2D eigenvalue weighted by atomic mass is 32.2. The summed E-state index contributed by atoms with van der Waals surface area (Å²) in [6, 6.07) is 8.37. The third-order valence-corrected chi connectivity index (χ3v) is 5.10. The number of hydrogen-bond donors (Lipinski definition) is 2. The minimum Gasteiger partial charge on any atom is -0.304 e. The van der Waals surface area contributed by atoms with E-state index in [-0.39, 0.29) is 6.04 Å². The van der Waals surface area contributed by atoms with Crippen molar-refractivity contribution in [1.29, 1.82) is 0 Å². The number of thiophene rings is 2. The molecule has 2 heterocycles. The van der Waals surface area contributed by atoms with Crippen molar-refractivity contribution in [3.8, 4) is 0 Å². The third kappa shape index (κ3) is 4.70. The largest absolute Gasteiger partial charge is 0.304 e. The number of rotatable bonds is 7. The van der Waals surface area contributed by atoms with E-state index in [1.54, 1.807) is 22.7 Å². The Kier molecular flexibility index (Phi) is 5.12. The summed E-state index contributed by atoms with van der Waals surface area (Å²) in [4.78, 5) is 2.48. The van der Waals surface area contributed by atoms with E-state index in [4.69, 9.17) is 0 Å². The van der Waals surface area contributed by atoms with Gasteiger partial charge in [0.2, 0.25) is 10.0 Å². The molecule has 2 rings (SSSR count). The number of hydrogen-bond acceptors (Lipinski definition) is 5. The van der Waals surface area contributed by atoms with Crippen LogP contribution in [0.3, 0.4) is 0 Å². The molecule has 2 aromatic heterocycles. The van der Waals surface area contributed by atoms with Crippen molar-refractivity contribution in [3.05, 3.63) is 44.8 Å². The van der Waals surface area contributed by atoms with E-state index in [0.717, 1.165) is 0 Å². The van der Waals surface area contributed by atoms with Gasteiger partial charge in [-0.05, 0) is 22.9 Å². The lowest BCUT2D eigenvalue weighted by Crippen LogP contribution is -2.33. The smallest absolute Gasteiger partial charge is 0.208 e. The SMILES string of the molecule is CS(=O)(=O)NCCNC(c1cccs1)c1cccs1. The Morgan fingerprint density at radius 2 is 1.68 bits per heavy atom. The van der Waals surface area contributed by atoms with Gasteiger partial charge >= 0.3 is 0 Å². The number of sulfonamides is 1. The van der Waals surface area contributed by atoms with Gasteiger partial charge in [-0.1, -0.05) is 12.1 Å². The van der Waals surface area contributed by atoms with Crippen molar-refractivity contribution < 1.29 is 8.42 Å². The molecule has 0 aliphatic rings. The monoisotopic (exact) mass is 316 g/mol. The Bertz CT molecular complexity index is 542. The fourth-order valence-corrected chi connectivity index (χ4v) is 3.89. The predicted molar refractivity (Wildman–Crippen MR) is 81.3 cm³/mol. The van der Waals surface area contributed by atoms with Crippen LogP contribution in [-0.4, -0.2) is 27.8 Å². The molecular formula is C12H16N2O2S3. The van der Waals surface area contributed by atoms with Gasteiger partial charge in [0.05, 0.1) is 12.3 Å². The quantitative estimate of drug-likeness (QED) is 0.769. The van der Waals surface area contributed by atoms with Crippen LogP contribution < -0.4 is 10.0 Å². The van der Waals surface area contributed by atoms with Crippen molar-refractivity contribution in [1.82, 2.24) is 10.0 Å². The lowest BCUT2D eigenvalue weighted by Gasteiger charge is -2.16. The van der Waals surface area contributed by atoms with Gasteiger partial charge in [-0.15, -0.1) is 22.7 Å². The summed E-state index contributed by atoms with van der Waals surface area (Å²) in [6.07, 6.45) is 1.17. The van der Waals surface area contributed by atoms with E-state index in [1.807, 2.05) is 22.9 Å². The molecular weight excluding hydrogens is 300 g/mol. The molecule has 0 fully saturated rings. The van der Waals surface area contributed by atoms with Gasteiger partial charge in [0.1, 0.15) is 0 Å². The molecule has 19 heavy (non-hydrogen) atoms. The van der Waals surface area contributed by atoms with E-state index in [2.05, 4.69) is 22.2 Å². The Morgan fingerprint density at radius 3 is 2.11 bits per heavy atom. The highest BCUT2D eigenvalue weighted by Crippen LogP contribution is 2.28. The summed E-state index contributed by atoms with van der Waals surface area (Å²) in [5.74, 6) is 0. The molecule has 0 aliphatic carbocycles. The summed E-state index contributed by atoms with van der Waals surface area (Å²) >= 11 is 3.40. The van der Waals surface area contributed by atoms with Gasteiger partial charge in [0.15, 0.2) is 0 Å². The average molecular weight is 316 g/mol. The summed E-state index contributed by atoms with van der Waals surface area (Å²) in [5, 5.41) is 7.49. The van der Waals surface area contributed by atoms with Crippen LogP contribution in [0.4, 0.5) is 0 Å². The van der Waals surface area contributed by atoms with Crippen LogP contribution in [0.1, 0.15) is 15.8 Å². The molecule has 0 atom stereocenters. The zero-order valence-electron chi connectivity index (χ0n) is 10.5. The van der Waals surface area contributed by atoms with Crippen molar-refractivity contribution in [2.24, 2.45) is 0 Å². The fourth-order valence-electron chi connectivity index (χ4n) is 1.71. The highest BCUT2D eigenvalue weighted by molar-refractivity contribution is 7.88. The predicted octanol–water partition coefficient (Wildman–Crippen LogP) is 2.04. The van der Waals surface area contributed by atoms with Gasteiger partial charge < -0.3 is 5.32 Å². The standard InChI is InChI=1S/C12H16N2O2S3/c1-19(15,16)14-7-6-13-12(10-4-2-8-17-10)11-5-3-9-18-11/h2-5,8-9,12-14H,6-7H2,1H3. The molecule has 0 saturated carbocycles. The number of nitrogens with one attached hydrogen (secondary N) is 2. The first kappa shape index (κ1) is 14.7. The molecule has 0 unspecified atom stereocenters. The maximum Gasteiger partial charge on any atom is 0.208 e. The van der Waals surface area contributed by atoms with Crippen LogP contribution >= 0.6 is 22.7 Å². The maximum atomic E-state index is 11.0.